The van der Waals surface area contributed by atoms with Gasteiger partial charge in [-0.05, 0) is 24.8 Å². The van der Waals surface area contributed by atoms with Crippen LogP contribution in [0.25, 0.3) is 0 Å². The van der Waals surface area contributed by atoms with Gasteiger partial charge in [-0.2, -0.15) is 0 Å². The van der Waals surface area contributed by atoms with E-state index in [2.05, 4.69) is 12.2 Å². The molecule has 3 N–H and O–H groups in total. The number of carbonyl (C=O) groups excluding carboxylic acids is 1. The number of halogens is 1. The van der Waals surface area contributed by atoms with Crippen LogP contribution in [0.1, 0.15) is 51.0 Å². The smallest absolute Gasteiger partial charge is 0.275 e. The first-order valence-corrected chi connectivity index (χ1v) is 9.58. The fourth-order valence-electron chi connectivity index (χ4n) is 4.32. The SMILES string of the molecule is C[C@H]1CCCC[C@H]1NC(=O)C[NH+]1CCC(O)(c2ccccc2F)CC1. The Bertz CT molecular complexity index is 599. The van der Waals surface area contributed by atoms with Gasteiger partial charge in [0.05, 0.1) is 13.1 Å². The molecule has 1 aromatic rings. The Morgan fingerprint density at radius 2 is 1.96 bits per heavy atom. The van der Waals surface area contributed by atoms with E-state index in [0.29, 0.717) is 50.0 Å². The van der Waals surface area contributed by atoms with Crippen LogP contribution in [0.3, 0.4) is 0 Å². The zero-order chi connectivity index (χ0) is 17.9. The van der Waals surface area contributed by atoms with E-state index in [-0.39, 0.29) is 11.7 Å². The van der Waals surface area contributed by atoms with Gasteiger partial charge in [0.1, 0.15) is 11.4 Å². The lowest BCUT2D eigenvalue weighted by molar-refractivity contribution is -0.900. The molecule has 138 valence electrons. The van der Waals surface area contributed by atoms with E-state index in [9.17, 15) is 14.3 Å². The van der Waals surface area contributed by atoms with Gasteiger partial charge in [-0.25, -0.2) is 4.39 Å². The molecule has 3 rings (SSSR count). The van der Waals surface area contributed by atoms with Crippen molar-refractivity contribution in [3.63, 3.8) is 0 Å². The van der Waals surface area contributed by atoms with Crippen molar-refractivity contribution in [2.45, 2.75) is 57.1 Å². The molecule has 0 unspecified atom stereocenters. The molecule has 5 heteroatoms. The molecular formula is C20H30FN2O2+. The van der Waals surface area contributed by atoms with Gasteiger partial charge in [0.15, 0.2) is 6.54 Å². The number of likely N-dealkylation sites (tertiary alicyclic amines) is 1. The first-order chi connectivity index (χ1) is 12.0. The maximum absolute atomic E-state index is 14.0. The Labute approximate surface area is 149 Å². The number of benzene rings is 1. The average molecular weight is 349 g/mol. The van der Waals surface area contributed by atoms with Crippen LogP contribution in [0.5, 0.6) is 0 Å². The summed E-state index contributed by atoms with van der Waals surface area (Å²) in [5.74, 6) is 0.308. The first kappa shape index (κ1) is 18.3. The number of carbonyl (C=O) groups is 1. The van der Waals surface area contributed by atoms with Gasteiger partial charge in [-0.3, -0.25) is 4.79 Å². The number of nitrogens with one attached hydrogen (secondary N) is 2. The third-order valence-corrected chi connectivity index (χ3v) is 6.03. The Balaban J connectivity index is 1.50. The van der Waals surface area contributed by atoms with Crippen molar-refractivity contribution in [2.75, 3.05) is 19.6 Å². The summed E-state index contributed by atoms with van der Waals surface area (Å²) < 4.78 is 14.0. The van der Waals surface area contributed by atoms with E-state index in [0.717, 1.165) is 6.42 Å². The third kappa shape index (κ3) is 4.39. The number of aliphatic hydroxyl groups is 1. The molecule has 1 saturated heterocycles. The lowest BCUT2D eigenvalue weighted by atomic mass is 9.84. The Kier molecular flexibility index (Phi) is 5.74. The fourth-order valence-corrected chi connectivity index (χ4v) is 4.32. The van der Waals surface area contributed by atoms with Crippen molar-refractivity contribution in [3.8, 4) is 0 Å². The number of amides is 1. The molecule has 25 heavy (non-hydrogen) atoms. The minimum Gasteiger partial charge on any atom is -0.385 e. The average Bonchev–Trinajstić information content (AvgIpc) is 2.59. The summed E-state index contributed by atoms with van der Waals surface area (Å²) in [6.45, 7) is 4.01. The minimum absolute atomic E-state index is 0.102. The topological polar surface area (TPSA) is 53.8 Å². The van der Waals surface area contributed by atoms with Gasteiger partial charge < -0.3 is 15.3 Å². The van der Waals surface area contributed by atoms with Crippen molar-refractivity contribution in [2.24, 2.45) is 5.92 Å². The molecule has 1 heterocycles. The van der Waals surface area contributed by atoms with Crippen LogP contribution in [-0.2, 0) is 10.4 Å². The molecule has 2 fully saturated rings. The van der Waals surface area contributed by atoms with Crippen LogP contribution >= 0.6 is 0 Å². The van der Waals surface area contributed by atoms with Crippen molar-refractivity contribution in [3.05, 3.63) is 35.6 Å². The van der Waals surface area contributed by atoms with Gasteiger partial charge >= 0.3 is 0 Å². The maximum atomic E-state index is 14.0. The maximum Gasteiger partial charge on any atom is 0.275 e. The molecule has 4 nitrogen and oxygen atoms in total. The summed E-state index contributed by atoms with van der Waals surface area (Å²) in [6, 6.07) is 6.76. The number of hydrogen-bond donors (Lipinski definition) is 3. The predicted molar refractivity (Wildman–Crippen MR) is 94.7 cm³/mol. The minimum atomic E-state index is -1.11. The van der Waals surface area contributed by atoms with Crippen molar-refractivity contribution >= 4 is 5.91 Å². The van der Waals surface area contributed by atoms with Crippen LogP contribution in [0.2, 0.25) is 0 Å². The molecule has 0 bridgehead atoms. The van der Waals surface area contributed by atoms with Crippen molar-refractivity contribution in [1.82, 2.24) is 5.32 Å². The predicted octanol–water partition coefficient (Wildman–Crippen LogP) is 1.39. The number of hydrogen-bond acceptors (Lipinski definition) is 2. The standard InChI is InChI=1S/C20H29FN2O2/c1-15-6-2-5-9-18(15)22-19(24)14-23-12-10-20(25,11-13-23)16-7-3-4-8-17(16)21/h3-4,7-8,15,18,25H,2,5-6,9-14H2,1H3,(H,22,24)/p+1/t15-,18+/m0/s1. The summed E-state index contributed by atoms with van der Waals surface area (Å²) >= 11 is 0. The van der Waals surface area contributed by atoms with E-state index in [1.54, 1.807) is 18.2 Å². The van der Waals surface area contributed by atoms with Crippen molar-refractivity contribution < 1.29 is 19.2 Å². The number of piperidine rings is 1. The number of quaternary nitrogens is 1. The second-order valence-corrected chi connectivity index (χ2v) is 7.87. The van der Waals surface area contributed by atoms with Gasteiger partial charge in [-0.15, -0.1) is 0 Å². The monoisotopic (exact) mass is 349 g/mol. The molecule has 1 saturated carbocycles. The Morgan fingerprint density at radius 1 is 1.28 bits per heavy atom. The molecule has 0 aromatic heterocycles. The summed E-state index contributed by atoms with van der Waals surface area (Å²) in [5.41, 5.74) is -0.724. The third-order valence-electron chi connectivity index (χ3n) is 6.03. The highest BCUT2D eigenvalue weighted by molar-refractivity contribution is 5.77. The second kappa shape index (κ2) is 7.83. The van der Waals surface area contributed by atoms with Crippen LogP contribution in [0.4, 0.5) is 4.39 Å². The highest BCUT2D eigenvalue weighted by Crippen LogP contribution is 2.31. The summed E-state index contributed by atoms with van der Waals surface area (Å²) in [7, 11) is 0. The van der Waals surface area contributed by atoms with E-state index in [1.165, 1.54) is 30.2 Å². The highest BCUT2D eigenvalue weighted by atomic mass is 19.1. The van der Waals surface area contributed by atoms with E-state index >= 15 is 0 Å². The molecule has 1 aliphatic heterocycles. The molecular weight excluding hydrogens is 319 g/mol. The Hall–Kier alpha value is -1.46. The van der Waals surface area contributed by atoms with Crippen LogP contribution < -0.4 is 10.2 Å². The molecule has 1 aromatic carbocycles. The zero-order valence-corrected chi connectivity index (χ0v) is 15.1. The second-order valence-electron chi connectivity index (χ2n) is 7.87. The highest BCUT2D eigenvalue weighted by Gasteiger charge is 2.38. The molecule has 2 atom stereocenters. The number of rotatable bonds is 4. The summed E-state index contributed by atoms with van der Waals surface area (Å²) in [6.07, 6.45) is 5.69. The van der Waals surface area contributed by atoms with E-state index in [4.69, 9.17) is 0 Å². The van der Waals surface area contributed by atoms with E-state index < -0.39 is 5.60 Å². The van der Waals surface area contributed by atoms with Gasteiger partial charge in [0.25, 0.3) is 5.91 Å². The van der Waals surface area contributed by atoms with Gasteiger partial charge in [-0.1, -0.05) is 38.0 Å². The molecule has 0 radical (unpaired) electrons. The lowest BCUT2D eigenvalue weighted by Crippen LogP contribution is -3.14. The van der Waals surface area contributed by atoms with E-state index in [1.807, 2.05) is 0 Å². The molecule has 1 amide bonds. The molecule has 1 aliphatic carbocycles. The normalized spacial score (nSPS) is 33.0. The molecule has 0 spiro atoms. The summed E-state index contributed by atoms with van der Waals surface area (Å²) in [5, 5.41) is 14.0. The lowest BCUT2D eigenvalue weighted by Gasteiger charge is -2.36. The van der Waals surface area contributed by atoms with Gasteiger partial charge in [0.2, 0.25) is 0 Å². The zero-order valence-electron chi connectivity index (χ0n) is 15.1. The summed E-state index contributed by atoms with van der Waals surface area (Å²) in [4.78, 5) is 13.5. The largest absolute Gasteiger partial charge is 0.385 e. The quantitative estimate of drug-likeness (QED) is 0.769. The van der Waals surface area contributed by atoms with Crippen molar-refractivity contribution in [1.29, 1.82) is 0 Å². The molecule has 2 aliphatic rings. The first-order valence-electron chi connectivity index (χ1n) is 9.58. The van der Waals surface area contributed by atoms with Crippen LogP contribution in [-0.4, -0.2) is 36.7 Å². The Morgan fingerprint density at radius 3 is 2.64 bits per heavy atom. The fraction of sp³-hybridized carbons (Fsp3) is 0.650. The van der Waals surface area contributed by atoms with Gasteiger partial charge in [0, 0.05) is 24.4 Å². The van der Waals surface area contributed by atoms with Crippen LogP contribution in [0, 0.1) is 11.7 Å². The van der Waals surface area contributed by atoms with Crippen LogP contribution in [0.15, 0.2) is 24.3 Å².